The van der Waals surface area contributed by atoms with Crippen LogP contribution in [0.5, 0.6) is 0 Å². The van der Waals surface area contributed by atoms with E-state index in [1.54, 1.807) is 0 Å². The third-order valence-electron chi connectivity index (χ3n) is 10.7. The van der Waals surface area contributed by atoms with E-state index in [1.807, 2.05) is 60.7 Å². The number of hydrogen-bond donors (Lipinski definition) is 0. The zero-order valence-electron chi connectivity index (χ0n) is 31.7. The van der Waals surface area contributed by atoms with E-state index in [4.69, 9.17) is 15.0 Å². The molecular weight excluding hydrogens is 703 g/mol. The first-order valence-electron chi connectivity index (χ1n) is 19.6. The van der Waals surface area contributed by atoms with Crippen LogP contribution in [-0.4, -0.2) is 15.0 Å². The second-order valence-electron chi connectivity index (χ2n) is 14.5. The fraction of sp³-hybridized carbons (Fsp3) is 0. The van der Waals surface area contributed by atoms with Gasteiger partial charge in [-0.05, 0) is 103 Å². The molecule has 1 aromatic heterocycles. The third kappa shape index (κ3) is 7.21. The number of aromatic nitrogens is 3. The van der Waals surface area contributed by atoms with Crippen molar-refractivity contribution in [3.8, 4) is 89.8 Å². The van der Waals surface area contributed by atoms with Crippen LogP contribution < -0.4 is 0 Å². The van der Waals surface area contributed by atoms with Crippen molar-refractivity contribution in [2.75, 3.05) is 0 Å². The number of hydrogen-bond acceptors (Lipinski definition) is 3. The predicted octanol–water partition coefficient (Wildman–Crippen LogP) is 14.4. The molecule has 58 heavy (non-hydrogen) atoms. The van der Waals surface area contributed by atoms with E-state index >= 15 is 0 Å². The van der Waals surface area contributed by atoms with Gasteiger partial charge in [-0.15, -0.1) is 0 Å². The van der Waals surface area contributed by atoms with Crippen LogP contribution in [0.2, 0.25) is 0 Å². The monoisotopic (exact) mass is 739 g/mol. The summed E-state index contributed by atoms with van der Waals surface area (Å²) in [4.78, 5) is 14.8. The Morgan fingerprint density at radius 3 is 0.845 bits per heavy atom. The summed E-state index contributed by atoms with van der Waals surface area (Å²) in [5.41, 5.74) is 14.6. The first-order valence-corrected chi connectivity index (χ1v) is 19.6. The average Bonchev–Trinajstić information content (AvgIpc) is 3.32. The first-order chi connectivity index (χ1) is 28.7. The van der Waals surface area contributed by atoms with Crippen molar-refractivity contribution in [3.05, 3.63) is 224 Å². The van der Waals surface area contributed by atoms with Gasteiger partial charge in [-0.1, -0.05) is 188 Å². The molecule has 0 aliphatic rings. The Bertz CT molecular complexity index is 3000. The summed E-state index contributed by atoms with van der Waals surface area (Å²) < 4.78 is 0. The molecule has 0 fully saturated rings. The summed E-state index contributed by atoms with van der Waals surface area (Å²) in [7, 11) is 0. The number of fused-ring (bicyclic) bond motifs is 1. The maximum atomic E-state index is 4.97. The van der Waals surface area contributed by atoms with E-state index in [2.05, 4.69) is 164 Å². The van der Waals surface area contributed by atoms with Gasteiger partial charge in [0.1, 0.15) is 0 Å². The van der Waals surface area contributed by atoms with Gasteiger partial charge in [-0.3, -0.25) is 0 Å². The lowest BCUT2D eigenvalue weighted by Gasteiger charge is -2.11. The van der Waals surface area contributed by atoms with Gasteiger partial charge in [0, 0.05) is 16.7 Å². The lowest BCUT2D eigenvalue weighted by atomic mass is 9.93. The van der Waals surface area contributed by atoms with Crippen LogP contribution in [0.3, 0.4) is 0 Å². The van der Waals surface area contributed by atoms with Crippen LogP contribution in [0.25, 0.3) is 101 Å². The van der Waals surface area contributed by atoms with Crippen LogP contribution in [0, 0.1) is 0 Å². The molecule has 9 aromatic carbocycles. The smallest absolute Gasteiger partial charge is 0.164 e. The summed E-state index contributed by atoms with van der Waals surface area (Å²) in [6, 6.07) is 79.2. The Balaban J connectivity index is 0.949. The van der Waals surface area contributed by atoms with E-state index in [-0.39, 0.29) is 0 Å². The molecular formula is C55H37N3. The minimum atomic E-state index is 0.640. The first kappa shape index (κ1) is 34.7. The number of benzene rings is 9. The van der Waals surface area contributed by atoms with Crippen molar-refractivity contribution < 1.29 is 0 Å². The third-order valence-corrected chi connectivity index (χ3v) is 10.7. The molecule has 3 nitrogen and oxygen atoms in total. The summed E-state index contributed by atoms with van der Waals surface area (Å²) in [5, 5.41) is 2.51. The van der Waals surface area contributed by atoms with Gasteiger partial charge >= 0.3 is 0 Å². The molecule has 0 atom stereocenters. The number of nitrogens with zero attached hydrogens (tertiary/aromatic N) is 3. The molecule has 1 heterocycles. The molecule has 0 amide bonds. The van der Waals surface area contributed by atoms with E-state index in [9.17, 15) is 0 Å². The van der Waals surface area contributed by atoms with Crippen LogP contribution in [0.1, 0.15) is 0 Å². The normalized spacial score (nSPS) is 11.1. The van der Waals surface area contributed by atoms with Crippen LogP contribution in [0.4, 0.5) is 0 Å². The zero-order chi connectivity index (χ0) is 38.7. The summed E-state index contributed by atoms with van der Waals surface area (Å²) in [6.45, 7) is 0. The summed E-state index contributed by atoms with van der Waals surface area (Å²) in [6.07, 6.45) is 0. The lowest BCUT2D eigenvalue weighted by Crippen LogP contribution is -2.00. The highest BCUT2D eigenvalue weighted by atomic mass is 15.0. The van der Waals surface area contributed by atoms with Gasteiger partial charge < -0.3 is 0 Å². The van der Waals surface area contributed by atoms with Crippen molar-refractivity contribution in [1.29, 1.82) is 0 Å². The van der Waals surface area contributed by atoms with Gasteiger partial charge in [-0.2, -0.15) is 0 Å². The van der Waals surface area contributed by atoms with Gasteiger partial charge in [-0.25, -0.2) is 15.0 Å². The minimum Gasteiger partial charge on any atom is -0.208 e. The van der Waals surface area contributed by atoms with Crippen molar-refractivity contribution in [2.45, 2.75) is 0 Å². The van der Waals surface area contributed by atoms with Crippen molar-refractivity contribution in [2.24, 2.45) is 0 Å². The Hall–Kier alpha value is -7.75. The van der Waals surface area contributed by atoms with E-state index < -0.39 is 0 Å². The molecule has 0 N–H and O–H groups in total. The largest absolute Gasteiger partial charge is 0.208 e. The fourth-order valence-electron chi connectivity index (χ4n) is 7.66. The fourth-order valence-corrected chi connectivity index (χ4v) is 7.66. The molecule has 0 aliphatic carbocycles. The average molecular weight is 740 g/mol. The molecule has 0 bridgehead atoms. The van der Waals surface area contributed by atoms with Crippen molar-refractivity contribution in [1.82, 2.24) is 15.0 Å². The van der Waals surface area contributed by atoms with E-state index in [0.717, 1.165) is 38.9 Å². The molecule has 10 aromatic rings. The molecule has 0 saturated carbocycles. The lowest BCUT2D eigenvalue weighted by molar-refractivity contribution is 1.07. The highest BCUT2D eigenvalue weighted by Crippen LogP contribution is 2.34. The highest BCUT2D eigenvalue weighted by molar-refractivity contribution is 5.88. The quantitative estimate of drug-likeness (QED) is 0.156. The Labute approximate surface area is 338 Å². The maximum Gasteiger partial charge on any atom is 0.164 e. The Morgan fingerprint density at radius 2 is 0.448 bits per heavy atom. The topological polar surface area (TPSA) is 38.7 Å². The molecule has 0 saturated heterocycles. The zero-order valence-corrected chi connectivity index (χ0v) is 31.7. The van der Waals surface area contributed by atoms with E-state index in [0.29, 0.717) is 17.5 Å². The maximum absolute atomic E-state index is 4.97. The van der Waals surface area contributed by atoms with Gasteiger partial charge in [0.2, 0.25) is 0 Å². The highest BCUT2D eigenvalue weighted by Gasteiger charge is 2.14. The summed E-state index contributed by atoms with van der Waals surface area (Å²) in [5.74, 6) is 1.94. The van der Waals surface area contributed by atoms with Crippen molar-refractivity contribution in [3.63, 3.8) is 0 Å². The van der Waals surface area contributed by atoms with Gasteiger partial charge in [0.05, 0.1) is 0 Å². The van der Waals surface area contributed by atoms with Gasteiger partial charge in [0.15, 0.2) is 17.5 Å². The molecule has 272 valence electrons. The Kier molecular flexibility index (Phi) is 9.23. The SMILES string of the molecule is c1ccc(-c2nc(-c3ccccc3)nc(-c3cccc(-c4cccc(-c5cccc(-c6cccc(-c7cccc(-c8ccc9ccccc9c8)c7)c6)c5)c4)c3)n2)cc1. The van der Waals surface area contributed by atoms with Gasteiger partial charge in [0.25, 0.3) is 0 Å². The molecule has 0 aliphatic heterocycles. The Morgan fingerprint density at radius 1 is 0.172 bits per heavy atom. The number of rotatable bonds is 8. The molecule has 3 heteroatoms. The molecule has 10 rings (SSSR count). The van der Waals surface area contributed by atoms with Crippen LogP contribution >= 0.6 is 0 Å². The second kappa shape index (κ2) is 15.4. The van der Waals surface area contributed by atoms with Crippen LogP contribution in [-0.2, 0) is 0 Å². The molecule has 0 spiro atoms. The molecule has 0 radical (unpaired) electrons. The second-order valence-corrected chi connectivity index (χ2v) is 14.5. The predicted molar refractivity (Wildman–Crippen MR) is 241 cm³/mol. The molecule has 0 unspecified atom stereocenters. The van der Waals surface area contributed by atoms with Crippen LogP contribution in [0.15, 0.2) is 224 Å². The summed E-state index contributed by atoms with van der Waals surface area (Å²) >= 11 is 0. The minimum absolute atomic E-state index is 0.640. The van der Waals surface area contributed by atoms with Crippen molar-refractivity contribution >= 4 is 10.8 Å². The standard InChI is InChI=1S/C55H37N3/c1-3-15-39(16-4-1)53-56-54(40-17-5-2-6-18-40)58-55(57-53)52-29-13-28-50(37-52)48-26-11-24-46(35-48)44-22-9-20-42(33-44)43-21-10-23-45(34-43)47-25-12-27-49(36-47)51-31-30-38-14-7-8-19-41(38)32-51/h1-37H. The van der Waals surface area contributed by atoms with E-state index in [1.165, 1.54) is 44.2 Å².